The molecule has 0 aliphatic rings. The van der Waals surface area contributed by atoms with Crippen LogP contribution in [0.3, 0.4) is 0 Å². The number of H-pyrrole nitrogens is 2. The van der Waals surface area contributed by atoms with Crippen LogP contribution in [-0.2, 0) is 0 Å². The predicted molar refractivity (Wildman–Crippen MR) is 81.0 cm³/mol. The Balaban J connectivity index is 2.02. The third-order valence-electron chi connectivity index (χ3n) is 3.23. The first-order valence-corrected chi connectivity index (χ1v) is 6.92. The van der Waals surface area contributed by atoms with Crippen molar-refractivity contribution in [1.29, 1.82) is 0 Å². The van der Waals surface area contributed by atoms with E-state index in [-0.39, 0.29) is 0 Å². The lowest BCUT2D eigenvalue weighted by Crippen LogP contribution is -1.83. The summed E-state index contributed by atoms with van der Waals surface area (Å²) in [6.07, 6.45) is 0. The highest BCUT2D eigenvalue weighted by molar-refractivity contribution is 9.10. The first-order chi connectivity index (χ1) is 9.15. The van der Waals surface area contributed by atoms with Crippen LogP contribution in [-0.4, -0.2) is 15.0 Å². The van der Waals surface area contributed by atoms with Crippen molar-refractivity contribution < 1.29 is 0 Å². The Morgan fingerprint density at radius 2 is 1.68 bits per heavy atom. The van der Waals surface area contributed by atoms with Gasteiger partial charge >= 0.3 is 0 Å². The van der Waals surface area contributed by atoms with Crippen LogP contribution in [0.4, 0.5) is 0 Å². The average molecular weight is 316 g/mol. The lowest BCUT2D eigenvalue weighted by atomic mass is 10.2. The summed E-state index contributed by atoms with van der Waals surface area (Å²) in [4.78, 5) is 11.2. The summed E-state index contributed by atoms with van der Waals surface area (Å²) < 4.78 is 1.08. The van der Waals surface area contributed by atoms with Crippen LogP contribution in [0, 0.1) is 13.8 Å². The topological polar surface area (TPSA) is 44.5 Å². The van der Waals surface area contributed by atoms with E-state index in [1.807, 2.05) is 38.1 Å². The first-order valence-electron chi connectivity index (χ1n) is 6.12. The monoisotopic (exact) mass is 315 g/mol. The maximum Gasteiger partial charge on any atom is 0.154 e. The van der Waals surface area contributed by atoms with Crippen LogP contribution in [0.2, 0.25) is 0 Å². The van der Waals surface area contributed by atoms with E-state index in [9.17, 15) is 0 Å². The van der Waals surface area contributed by atoms with Gasteiger partial charge in [0, 0.05) is 21.4 Å². The van der Waals surface area contributed by atoms with Gasteiger partial charge in [-0.2, -0.15) is 0 Å². The molecule has 3 rings (SSSR count). The molecule has 0 aliphatic carbocycles. The number of rotatable bonds is 2. The fourth-order valence-corrected chi connectivity index (χ4v) is 2.54. The molecule has 0 spiro atoms. The molecule has 0 fully saturated rings. The van der Waals surface area contributed by atoms with Gasteiger partial charge in [-0.25, -0.2) is 4.98 Å². The highest BCUT2D eigenvalue weighted by Crippen LogP contribution is 2.29. The molecule has 2 heterocycles. The van der Waals surface area contributed by atoms with E-state index in [4.69, 9.17) is 0 Å². The van der Waals surface area contributed by atoms with Gasteiger partial charge in [-0.15, -0.1) is 0 Å². The smallest absolute Gasteiger partial charge is 0.154 e. The largest absolute Gasteiger partial charge is 0.352 e. The predicted octanol–water partition coefficient (Wildman–Crippen LogP) is 4.45. The summed E-state index contributed by atoms with van der Waals surface area (Å²) in [6, 6.07) is 12.3. The second-order valence-electron chi connectivity index (χ2n) is 4.56. The number of benzene rings is 1. The number of aromatic nitrogens is 3. The number of imidazole rings is 1. The zero-order valence-corrected chi connectivity index (χ0v) is 12.4. The number of hydrogen-bond acceptors (Lipinski definition) is 1. The van der Waals surface area contributed by atoms with Gasteiger partial charge in [-0.1, -0.05) is 34.1 Å². The second-order valence-corrected chi connectivity index (χ2v) is 5.42. The van der Waals surface area contributed by atoms with Crippen molar-refractivity contribution >= 4 is 15.9 Å². The van der Waals surface area contributed by atoms with Crippen molar-refractivity contribution in [2.24, 2.45) is 0 Å². The van der Waals surface area contributed by atoms with Crippen molar-refractivity contribution in [3.05, 3.63) is 52.3 Å². The standard InChI is InChI=1S/C15H14BrN3/c1-9-10(2)18-15(17-9)14-8-7-13(19-14)11-5-3-4-6-12(11)16/h3-8,19H,1-2H3,(H,17,18). The summed E-state index contributed by atoms with van der Waals surface area (Å²) in [6.45, 7) is 4.04. The minimum Gasteiger partial charge on any atom is -0.352 e. The Morgan fingerprint density at radius 3 is 2.37 bits per heavy atom. The van der Waals surface area contributed by atoms with Crippen LogP contribution >= 0.6 is 15.9 Å². The van der Waals surface area contributed by atoms with E-state index >= 15 is 0 Å². The Hall–Kier alpha value is -1.81. The van der Waals surface area contributed by atoms with E-state index in [2.05, 4.69) is 43.0 Å². The molecule has 0 atom stereocenters. The number of halogens is 1. The third kappa shape index (κ3) is 2.24. The minimum atomic E-state index is 0.883. The fraction of sp³-hybridized carbons (Fsp3) is 0.133. The molecule has 0 radical (unpaired) electrons. The van der Waals surface area contributed by atoms with E-state index in [1.165, 1.54) is 0 Å². The molecule has 0 aliphatic heterocycles. The quantitative estimate of drug-likeness (QED) is 0.721. The molecule has 3 nitrogen and oxygen atoms in total. The van der Waals surface area contributed by atoms with Crippen LogP contribution in [0.1, 0.15) is 11.4 Å². The van der Waals surface area contributed by atoms with Crippen molar-refractivity contribution in [1.82, 2.24) is 15.0 Å². The molecule has 0 saturated carbocycles. The van der Waals surface area contributed by atoms with Crippen LogP contribution in [0.25, 0.3) is 22.8 Å². The molecule has 4 heteroatoms. The van der Waals surface area contributed by atoms with E-state index in [1.54, 1.807) is 0 Å². The van der Waals surface area contributed by atoms with Crippen molar-refractivity contribution in [3.63, 3.8) is 0 Å². The van der Waals surface area contributed by atoms with Crippen molar-refractivity contribution in [3.8, 4) is 22.8 Å². The van der Waals surface area contributed by atoms with Gasteiger partial charge in [0.1, 0.15) is 0 Å². The lowest BCUT2D eigenvalue weighted by molar-refractivity contribution is 1.22. The summed E-state index contributed by atoms with van der Waals surface area (Å²) in [7, 11) is 0. The average Bonchev–Trinajstić information content (AvgIpc) is 2.98. The maximum absolute atomic E-state index is 4.51. The van der Waals surface area contributed by atoms with Crippen LogP contribution in [0.5, 0.6) is 0 Å². The molecule has 3 aromatic rings. The van der Waals surface area contributed by atoms with Gasteiger partial charge in [-0.05, 0) is 32.0 Å². The van der Waals surface area contributed by atoms with Gasteiger partial charge in [-0.3, -0.25) is 0 Å². The van der Waals surface area contributed by atoms with Gasteiger partial charge < -0.3 is 9.97 Å². The minimum absolute atomic E-state index is 0.883. The summed E-state index contributed by atoms with van der Waals surface area (Å²) in [5.41, 5.74) is 5.36. The Bertz CT molecular complexity index is 705. The number of aryl methyl sites for hydroxylation is 2. The fourth-order valence-electron chi connectivity index (χ4n) is 2.05. The molecule has 19 heavy (non-hydrogen) atoms. The molecule has 0 saturated heterocycles. The van der Waals surface area contributed by atoms with Gasteiger partial charge in [0.15, 0.2) is 5.82 Å². The Labute approximate surface area is 120 Å². The van der Waals surface area contributed by atoms with Gasteiger partial charge in [0.2, 0.25) is 0 Å². The van der Waals surface area contributed by atoms with Gasteiger partial charge in [0.05, 0.1) is 11.4 Å². The summed E-state index contributed by atoms with van der Waals surface area (Å²) in [5, 5.41) is 0. The Morgan fingerprint density at radius 1 is 0.947 bits per heavy atom. The lowest BCUT2D eigenvalue weighted by Gasteiger charge is -2.01. The second kappa shape index (κ2) is 4.70. The molecular weight excluding hydrogens is 302 g/mol. The summed E-state index contributed by atoms with van der Waals surface area (Å²) >= 11 is 3.57. The van der Waals surface area contributed by atoms with E-state index in [0.717, 1.165) is 38.6 Å². The number of nitrogens with one attached hydrogen (secondary N) is 2. The van der Waals surface area contributed by atoms with E-state index in [0.29, 0.717) is 0 Å². The Kier molecular flexibility index (Phi) is 3.03. The normalized spacial score (nSPS) is 10.9. The van der Waals surface area contributed by atoms with E-state index < -0.39 is 0 Å². The van der Waals surface area contributed by atoms with Crippen LogP contribution in [0.15, 0.2) is 40.9 Å². The molecule has 96 valence electrons. The zero-order valence-electron chi connectivity index (χ0n) is 10.8. The number of hydrogen-bond donors (Lipinski definition) is 2. The SMILES string of the molecule is Cc1nc(-c2ccc(-c3ccccc3Br)[nH]2)[nH]c1C. The van der Waals surface area contributed by atoms with Crippen molar-refractivity contribution in [2.45, 2.75) is 13.8 Å². The van der Waals surface area contributed by atoms with Crippen molar-refractivity contribution in [2.75, 3.05) is 0 Å². The zero-order chi connectivity index (χ0) is 13.4. The highest BCUT2D eigenvalue weighted by atomic mass is 79.9. The number of aromatic amines is 2. The molecule has 0 unspecified atom stereocenters. The molecule has 0 bridgehead atoms. The highest BCUT2D eigenvalue weighted by Gasteiger charge is 2.09. The number of nitrogens with zero attached hydrogens (tertiary/aromatic N) is 1. The van der Waals surface area contributed by atoms with Crippen LogP contribution < -0.4 is 0 Å². The summed E-state index contributed by atoms with van der Waals surface area (Å²) in [5.74, 6) is 0.883. The first kappa shape index (κ1) is 12.2. The molecule has 2 N–H and O–H groups in total. The molecule has 1 aromatic carbocycles. The third-order valence-corrected chi connectivity index (χ3v) is 3.92. The maximum atomic E-state index is 4.51. The molecule has 2 aromatic heterocycles. The molecule has 0 amide bonds. The molecular formula is C15H14BrN3. The van der Waals surface area contributed by atoms with Gasteiger partial charge in [0.25, 0.3) is 0 Å².